The van der Waals surface area contributed by atoms with Gasteiger partial charge in [-0.15, -0.1) is 0 Å². The second-order valence-corrected chi connectivity index (χ2v) is 2.59. The van der Waals surface area contributed by atoms with Gasteiger partial charge >= 0.3 is 0 Å². The standard InChI is InChI=1S/C6H12F2N2/c1-10-3-2-9-4-5(10)6(7)8/h5-6,9H,2-4H2,1H3/t5-/m1/s1. The summed E-state index contributed by atoms with van der Waals surface area (Å²) in [7, 11) is 1.73. The van der Waals surface area contributed by atoms with E-state index >= 15 is 0 Å². The topological polar surface area (TPSA) is 15.3 Å². The first kappa shape index (κ1) is 7.88. The second kappa shape index (κ2) is 3.25. The van der Waals surface area contributed by atoms with E-state index in [-0.39, 0.29) is 0 Å². The normalized spacial score (nSPS) is 29.4. The molecule has 0 aliphatic carbocycles. The van der Waals surface area contributed by atoms with Crippen LogP contribution in [0.4, 0.5) is 8.78 Å². The van der Waals surface area contributed by atoms with E-state index in [0.717, 1.165) is 13.1 Å². The Morgan fingerprint density at radius 3 is 2.70 bits per heavy atom. The Morgan fingerprint density at radius 1 is 1.60 bits per heavy atom. The summed E-state index contributed by atoms with van der Waals surface area (Å²) >= 11 is 0. The molecule has 2 nitrogen and oxygen atoms in total. The fraction of sp³-hybridized carbons (Fsp3) is 1.00. The van der Waals surface area contributed by atoms with Crippen molar-refractivity contribution >= 4 is 0 Å². The Bertz CT molecular complexity index is 108. The predicted molar refractivity (Wildman–Crippen MR) is 35.3 cm³/mol. The molecule has 1 atom stereocenters. The third kappa shape index (κ3) is 1.64. The molecule has 0 spiro atoms. The van der Waals surface area contributed by atoms with Gasteiger partial charge in [-0.25, -0.2) is 8.78 Å². The van der Waals surface area contributed by atoms with Crippen LogP contribution in [0, 0.1) is 0 Å². The summed E-state index contributed by atoms with van der Waals surface area (Å²) in [4.78, 5) is 1.70. The molecule has 1 rings (SSSR count). The summed E-state index contributed by atoms with van der Waals surface area (Å²) in [6.45, 7) is 1.95. The average molecular weight is 150 g/mol. The maximum atomic E-state index is 12.1. The molecule has 1 fully saturated rings. The highest BCUT2D eigenvalue weighted by Crippen LogP contribution is 2.08. The molecule has 1 saturated heterocycles. The van der Waals surface area contributed by atoms with E-state index < -0.39 is 12.5 Å². The quantitative estimate of drug-likeness (QED) is 0.572. The van der Waals surface area contributed by atoms with Crippen molar-refractivity contribution < 1.29 is 8.78 Å². The number of halogens is 2. The van der Waals surface area contributed by atoms with Crippen molar-refractivity contribution in [2.75, 3.05) is 26.7 Å². The minimum absolute atomic E-state index is 0.411. The molecule has 0 aromatic rings. The molecule has 0 bridgehead atoms. The Kier molecular flexibility index (Phi) is 2.56. The maximum absolute atomic E-state index is 12.1. The van der Waals surface area contributed by atoms with Crippen LogP contribution in [0.2, 0.25) is 0 Å². The van der Waals surface area contributed by atoms with Crippen molar-refractivity contribution in [3.05, 3.63) is 0 Å². The van der Waals surface area contributed by atoms with Gasteiger partial charge in [0.05, 0.1) is 6.04 Å². The van der Waals surface area contributed by atoms with Crippen LogP contribution in [0.1, 0.15) is 0 Å². The van der Waals surface area contributed by atoms with Gasteiger partial charge in [-0.2, -0.15) is 0 Å². The molecule has 0 radical (unpaired) electrons. The van der Waals surface area contributed by atoms with Crippen molar-refractivity contribution in [3.8, 4) is 0 Å². The van der Waals surface area contributed by atoms with Crippen molar-refractivity contribution in [2.24, 2.45) is 0 Å². The molecule has 1 aliphatic heterocycles. The van der Waals surface area contributed by atoms with Gasteiger partial charge in [-0.1, -0.05) is 0 Å². The molecule has 0 amide bonds. The van der Waals surface area contributed by atoms with Gasteiger partial charge in [0.2, 0.25) is 0 Å². The largest absolute Gasteiger partial charge is 0.314 e. The number of nitrogens with zero attached hydrogens (tertiary/aromatic N) is 1. The van der Waals surface area contributed by atoms with E-state index in [1.54, 1.807) is 11.9 Å². The van der Waals surface area contributed by atoms with Gasteiger partial charge in [-0.3, -0.25) is 4.90 Å². The van der Waals surface area contributed by atoms with Gasteiger partial charge < -0.3 is 5.32 Å². The van der Waals surface area contributed by atoms with Crippen molar-refractivity contribution in [2.45, 2.75) is 12.5 Å². The number of rotatable bonds is 1. The maximum Gasteiger partial charge on any atom is 0.255 e. The van der Waals surface area contributed by atoms with Gasteiger partial charge in [-0.05, 0) is 7.05 Å². The van der Waals surface area contributed by atoms with Crippen LogP contribution in [-0.4, -0.2) is 44.0 Å². The molecule has 60 valence electrons. The minimum atomic E-state index is -2.22. The van der Waals surface area contributed by atoms with Crippen LogP contribution in [0.5, 0.6) is 0 Å². The number of likely N-dealkylation sites (N-methyl/N-ethyl adjacent to an activating group) is 1. The Balaban J connectivity index is 2.40. The Hall–Kier alpha value is -0.220. The summed E-state index contributed by atoms with van der Waals surface area (Å²) in [6, 6.07) is -0.589. The molecule has 1 N–H and O–H groups in total. The van der Waals surface area contributed by atoms with Gasteiger partial charge in [0.15, 0.2) is 0 Å². The lowest BCUT2D eigenvalue weighted by Gasteiger charge is -2.32. The molecule has 0 unspecified atom stereocenters. The Morgan fingerprint density at radius 2 is 2.30 bits per heavy atom. The third-order valence-electron chi connectivity index (χ3n) is 1.85. The van der Waals surface area contributed by atoms with E-state index in [1.165, 1.54) is 0 Å². The highest BCUT2D eigenvalue weighted by molar-refractivity contribution is 4.78. The van der Waals surface area contributed by atoms with Crippen LogP contribution < -0.4 is 5.32 Å². The van der Waals surface area contributed by atoms with Crippen LogP contribution in [-0.2, 0) is 0 Å². The first-order valence-corrected chi connectivity index (χ1v) is 3.41. The van der Waals surface area contributed by atoms with E-state index in [4.69, 9.17) is 0 Å². The number of piperazine rings is 1. The SMILES string of the molecule is CN1CCNC[C@@H]1C(F)F. The monoisotopic (exact) mass is 150 g/mol. The number of hydrogen-bond donors (Lipinski definition) is 1. The van der Waals surface area contributed by atoms with E-state index in [1.807, 2.05) is 0 Å². The van der Waals surface area contributed by atoms with Crippen LogP contribution in [0.25, 0.3) is 0 Å². The van der Waals surface area contributed by atoms with Crippen molar-refractivity contribution in [3.63, 3.8) is 0 Å². The molecular weight excluding hydrogens is 138 g/mol. The first-order valence-electron chi connectivity index (χ1n) is 3.41. The fourth-order valence-electron chi connectivity index (χ4n) is 1.11. The summed E-state index contributed by atoms with van der Waals surface area (Å²) in [5, 5.41) is 2.92. The lowest BCUT2D eigenvalue weighted by atomic mass is 10.2. The summed E-state index contributed by atoms with van der Waals surface area (Å²) in [5.74, 6) is 0. The zero-order chi connectivity index (χ0) is 7.56. The zero-order valence-electron chi connectivity index (χ0n) is 5.98. The van der Waals surface area contributed by atoms with Gasteiger partial charge in [0, 0.05) is 19.6 Å². The summed E-state index contributed by atoms with van der Waals surface area (Å²) < 4.78 is 24.2. The molecular formula is C6H12F2N2. The smallest absolute Gasteiger partial charge is 0.255 e. The molecule has 0 aromatic heterocycles. The molecule has 10 heavy (non-hydrogen) atoms. The highest BCUT2D eigenvalue weighted by atomic mass is 19.3. The van der Waals surface area contributed by atoms with Crippen LogP contribution >= 0.6 is 0 Å². The Labute approximate surface area is 59.2 Å². The minimum Gasteiger partial charge on any atom is -0.314 e. The number of alkyl halides is 2. The molecule has 0 saturated carbocycles. The predicted octanol–water partition coefficient (Wildman–Crippen LogP) is 0.155. The first-order chi connectivity index (χ1) is 4.72. The van der Waals surface area contributed by atoms with Gasteiger partial charge in [0.25, 0.3) is 6.43 Å². The lowest BCUT2D eigenvalue weighted by Crippen LogP contribution is -2.52. The van der Waals surface area contributed by atoms with Crippen molar-refractivity contribution in [1.29, 1.82) is 0 Å². The van der Waals surface area contributed by atoms with E-state index in [0.29, 0.717) is 6.54 Å². The lowest BCUT2D eigenvalue weighted by molar-refractivity contribution is 0.0260. The molecule has 0 aromatic carbocycles. The summed E-state index contributed by atoms with van der Waals surface area (Å²) in [5.41, 5.74) is 0. The summed E-state index contributed by atoms with van der Waals surface area (Å²) in [6.07, 6.45) is -2.22. The van der Waals surface area contributed by atoms with E-state index in [9.17, 15) is 8.78 Å². The number of nitrogens with one attached hydrogen (secondary N) is 1. The zero-order valence-corrected chi connectivity index (χ0v) is 5.98. The highest BCUT2D eigenvalue weighted by Gasteiger charge is 2.26. The third-order valence-corrected chi connectivity index (χ3v) is 1.85. The van der Waals surface area contributed by atoms with Crippen LogP contribution in [0.3, 0.4) is 0 Å². The van der Waals surface area contributed by atoms with Crippen molar-refractivity contribution in [1.82, 2.24) is 10.2 Å². The molecule has 4 heteroatoms. The van der Waals surface area contributed by atoms with Crippen LogP contribution in [0.15, 0.2) is 0 Å². The molecule has 1 heterocycles. The molecule has 1 aliphatic rings. The van der Waals surface area contributed by atoms with E-state index in [2.05, 4.69) is 5.32 Å². The van der Waals surface area contributed by atoms with Gasteiger partial charge in [0.1, 0.15) is 0 Å². The average Bonchev–Trinajstić information content (AvgIpc) is 1.88. The second-order valence-electron chi connectivity index (χ2n) is 2.59. The fourth-order valence-corrected chi connectivity index (χ4v) is 1.11. The number of hydrogen-bond acceptors (Lipinski definition) is 2.